The second-order valence-corrected chi connectivity index (χ2v) is 7.17. The van der Waals surface area contributed by atoms with E-state index >= 15 is 0 Å². The minimum atomic E-state index is -0.132. The predicted molar refractivity (Wildman–Crippen MR) is 97.9 cm³/mol. The standard InChI is InChI=1S/C15H13N3OS3/c1-8-2-4-9(5-3-8)10-6-21-14-12(10)13(19)17-15(18-14)22-7-11(16)20/h2-6H,7H2,1H3,(H2,16,20)(H,17,18,19). The number of hydrogen-bond donors (Lipinski definition) is 2. The van der Waals surface area contributed by atoms with Crippen LogP contribution in [0.4, 0.5) is 0 Å². The molecule has 2 heterocycles. The summed E-state index contributed by atoms with van der Waals surface area (Å²) in [6.45, 7) is 2.04. The van der Waals surface area contributed by atoms with E-state index in [1.165, 1.54) is 28.7 Å². The van der Waals surface area contributed by atoms with Gasteiger partial charge in [-0.3, -0.25) is 4.79 Å². The van der Waals surface area contributed by atoms with Gasteiger partial charge in [0.15, 0.2) is 5.16 Å². The number of rotatable bonds is 4. The average Bonchev–Trinajstić information content (AvgIpc) is 2.90. The molecule has 112 valence electrons. The highest BCUT2D eigenvalue weighted by Gasteiger charge is 2.13. The van der Waals surface area contributed by atoms with Crippen molar-refractivity contribution < 1.29 is 0 Å². The number of nitrogens with one attached hydrogen (secondary N) is 1. The lowest BCUT2D eigenvalue weighted by Crippen LogP contribution is -2.13. The van der Waals surface area contributed by atoms with E-state index in [1.54, 1.807) is 0 Å². The monoisotopic (exact) mass is 347 g/mol. The van der Waals surface area contributed by atoms with E-state index in [9.17, 15) is 4.79 Å². The van der Waals surface area contributed by atoms with Crippen molar-refractivity contribution in [2.45, 2.75) is 12.1 Å². The van der Waals surface area contributed by atoms with Crippen LogP contribution in [0.1, 0.15) is 5.56 Å². The molecule has 7 heteroatoms. The molecule has 0 aliphatic rings. The molecule has 0 amide bonds. The third-order valence-electron chi connectivity index (χ3n) is 3.14. The zero-order valence-corrected chi connectivity index (χ0v) is 14.2. The van der Waals surface area contributed by atoms with Crippen molar-refractivity contribution >= 4 is 50.5 Å². The Balaban J connectivity index is 2.06. The first-order valence-electron chi connectivity index (χ1n) is 6.54. The summed E-state index contributed by atoms with van der Waals surface area (Å²) < 4.78 is 0. The molecule has 1 aromatic carbocycles. The molecule has 2 aromatic heterocycles. The van der Waals surface area contributed by atoms with Crippen LogP contribution < -0.4 is 11.3 Å². The van der Waals surface area contributed by atoms with Crippen molar-refractivity contribution in [2.24, 2.45) is 5.73 Å². The van der Waals surface area contributed by atoms with E-state index < -0.39 is 0 Å². The zero-order valence-electron chi connectivity index (χ0n) is 11.8. The number of thiophene rings is 1. The van der Waals surface area contributed by atoms with Gasteiger partial charge in [0, 0.05) is 10.9 Å². The van der Waals surface area contributed by atoms with Crippen LogP contribution in [0.25, 0.3) is 21.3 Å². The molecule has 0 atom stereocenters. The van der Waals surface area contributed by atoms with E-state index in [4.69, 9.17) is 18.0 Å². The largest absolute Gasteiger partial charge is 0.393 e. The van der Waals surface area contributed by atoms with Crippen LogP contribution in [0.5, 0.6) is 0 Å². The van der Waals surface area contributed by atoms with Gasteiger partial charge in [-0.1, -0.05) is 53.8 Å². The summed E-state index contributed by atoms with van der Waals surface area (Å²) in [7, 11) is 0. The number of fused-ring (bicyclic) bond motifs is 1. The summed E-state index contributed by atoms with van der Waals surface area (Å²) in [6, 6.07) is 8.11. The maximum absolute atomic E-state index is 12.4. The number of nitrogens with two attached hydrogens (primary N) is 1. The predicted octanol–water partition coefficient (Wildman–Crippen LogP) is 3.34. The number of aromatic amines is 1. The second-order valence-electron chi connectivity index (χ2n) is 4.82. The molecule has 0 bridgehead atoms. The highest BCUT2D eigenvalue weighted by Crippen LogP contribution is 2.31. The number of aromatic nitrogens is 2. The average molecular weight is 347 g/mol. The molecule has 0 radical (unpaired) electrons. The number of thiocarbonyl (C=S) groups is 1. The maximum atomic E-state index is 12.4. The molecule has 22 heavy (non-hydrogen) atoms. The van der Waals surface area contributed by atoms with Crippen LogP contribution in [-0.2, 0) is 0 Å². The third-order valence-corrected chi connectivity index (χ3v) is 5.26. The minimum absolute atomic E-state index is 0.132. The van der Waals surface area contributed by atoms with E-state index in [0.717, 1.165) is 16.0 Å². The van der Waals surface area contributed by atoms with Crippen molar-refractivity contribution in [3.63, 3.8) is 0 Å². The molecule has 0 fully saturated rings. The molecular formula is C15H13N3OS3. The van der Waals surface area contributed by atoms with Gasteiger partial charge in [0.2, 0.25) is 0 Å². The first-order chi connectivity index (χ1) is 10.5. The van der Waals surface area contributed by atoms with E-state index in [-0.39, 0.29) is 5.56 Å². The van der Waals surface area contributed by atoms with E-state index in [0.29, 0.717) is 21.3 Å². The number of thioether (sulfide) groups is 1. The van der Waals surface area contributed by atoms with Gasteiger partial charge in [0.25, 0.3) is 5.56 Å². The summed E-state index contributed by atoms with van der Waals surface area (Å²) in [4.78, 5) is 20.8. The fourth-order valence-electron chi connectivity index (χ4n) is 2.08. The molecule has 3 aromatic rings. The van der Waals surface area contributed by atoms with Crippen molar-refractivity contribution in [2.75, 3.05) is 5.75 Å². The molecule has 0 aliphatic carbocycles. The normalized spacial score (nSPS) is 11.0. The van der Waals surface area contributed by atoms with E-state index in [2.05, 4.69) is 9.97 Å². The zero-order chi connectivity index (χ0) is 15.7. The lowest BCUT2D eigenvalue weighted by atomic mass is 10.1. The first kappa shape index (κ1) is 15.2. The van der Waals surface area contributed by atoms with Gasteiger partial charge in [-0.05, 0) is 12.5 Å². The molecule has 4 nitrogen and oxygen atoms in total. The number of nitrogens with zero attached hydrogens (tertiary/aromatic N) is 1. The lowest BCUT2D eigenvalue weighted by Gasteiger charge is -2.02. The van der Waals surface area contributed by atoms with Crippen LogP contribution in [0.3, 0.4) is 0 Å². The van der Waals surface area contributed by atoms with Gasteiger partial charge >= 0.3 is 0 Å². The van der Waals surface area contributed by atoms with Crippen molar-refractivity contribution in [3.05, 3.63) is 45.6 Å². The van der Waals surface area contributed by atoms with Crippen molar-refractivity contribution in [1.82, 2.24) is 9.97 Å². The molecule has 0 unspecified atom stereocenters. The fourth-order valence-corrected chi connectivity index (χ4v) is 3.86. The molecule has 0 aliphatic heterocycles. The summed E-state index contributed by atoms with van der Waals surface area (Å²) in [5.41, 5.74) is 8.47. The van der Waals surface area contributed by atoms with Crippen LogP contribution in [0, 0.1) is 6.92 Å². The summed E-state index contributed by atoms with van der Waals surface area (Å²) in [5, 5.41) is 3.15. The van der Waals surface area contributed by atoms with Crippen molar-refractivity contribution in [3.8, 4) is 11.1 Å². The molecule has 0 saturated heterocycles. The molecule has 3 N–H and O–H groups in total. The molecular weight excluding hydrogens is 334 g/mol. The van der Waals surface area contributed by atoms with Crippen molar-refractivity contribution in [1.29, 1.82) is 0 Å². The highest BCUT2D eigenvalue weighted by molar-refractivity contribution is 8.00. The first-order valence-corrected chi connectivity index (χ1v) is 8.81. The Hall–Kier alpha value is -1.70. The number of hydrogen-bond acceptors (Lipinski definition) is 5. The summed E-state index contributed by atoms with van der Waals surface area (Å²) >= 11 is 7.65. The smallest absolute Gasteiger partial charge is 0.260 e. The van der Waals surface area contributed by atoms with Crippen LogP contribution in [0.15, 0.2) is 39.6 Å². The Morgan fingerprint density at radius 3 is 2.82 bits per heavy atom. The summed E-state index contributed by atoms with van der Waals surface area (Å²) in [6.07, 6.45) is 0. The second kappa shape index (κ2) is 6.20. The highest BCUT2D eigenvalue weighted by atomic mass is 32.2. The Morgan fingerprint density at radius 1 is 1.41 bits per heavy atom. The summed E-state index contributed by atoms with van der Waals surface area (Å²) in [5.74, 6) is 0.458. The van der Waals surface area contributed by atoms with Gasteiger partial charge in [0.05, 0.1) is 16.1 Å². The topological polar surface area (TPSA) is 71.8 Å². The Morgan fingerprint density at radius 2 is 2.14 bits per heavy atom. The Labute approximate surface area is 140 Å². The maximum Gasteiger partial charge on any atom is 0.260 e. The van der Waals surface area contributed by atoms with Crippen LogP contribution in [-0.4, -0.2) is 20.7 Å². The number of H-pyrrole nitrogens is 1. The molecule has 0 saturated carbocycles. The van der Waals surface area contributed by atoms with Crippen LogP contribution in [0.2, 0.25) is 0 Å². The van der Waals surface area contributed by atoms with Gasteiger partial charge in [-0.15, -0.1) is 11.3 Å². The van der Waals surface area contributed by atoms with Gasteiger partial charge in [0.1, 0.15) is 4.83 Å². The molecule has 3 rings (SSSR count). The number of aryl methyl sites for hydroxylation is 1. The SMILES string of the molecule is Cc1ccc(-c2csc3nc(SCC(N)=S)[nH]c(=O)c23)cc1. The van der Waals surface area contributed by atoms with Gasteiger partial charge in [-0.25, -0.2) is 4.98 Å². The molecule has 0 spiro atoms. The minimum Gasteiger partial charge on any atom is -0.393 e. The fraction of sp³-hybridized carbons (Fsp3) is 0.133. The van der Waals surface area contributed by atoms with Crippen LogP contribution >= 0.6 is 35.3 Å². The van der Waals surface area contributed by atoms with E-state index in [1.807, 2.05) is 36.6 Å². The van der Waals surface area contributed by atoms with Gasteiger partial charge < -0.3 is 10.7 Å². The lowest BCUT2D eigenvalue weighted by molar-refractivity contribution is 0.983. The Bertz CT molecular complexity index is 897. The quantitative estimate of drug-likeness (QED) is 0.430. The van der Waals surface area contributed by atoms with Gasteiger partial charge in [-0.2, -0.15) is 0 Å². The number of benzene rings is 1. The third kappa shape index (κ3) is 3.06. The Kier molecular flexibility index (Phi) is 4.28.